The summed E-state index contributed by atoms with van der Waals surface area (Å²) in [7, 11) is 1.52. The quantitative estimate of drug-likeness (QED) is 0.793. The Morgan fingerprint density at radius 2 is 2.07 bits per heavy atom. The molecule has 10 heteroatoms. The number of halogens is 1. The summed E-state index contributed by atoms with van der Waals surface area (Å²) in [6.07, 6.45) is 4.50. The number of anilines is 2. The third-order valence-corrected chi connectivity index (χ3v) is 4.65. The van der Waals surface area contributed by atoms with E-state index in [-0.39, 0.29) is 36.4 Å². The fourth-order valence-corrected chi connectivity index (χ4v) is 3.11. The van der Waals surface area contributed by atoms with Gasteiger partial charge >= 0.3 is 6.03 Å². The second kappa shape index (κ2) is 8.39. The summed E-state index contributed by atoms with van der Waals surface area (Å²) in [6.45, 7) is 4.29. The van der Waals surface area contributed by atoms with Crippen LogP contribution in [0.1, 0.15) is 13.8 Å². The molecule has 3 amide bonds. The van der Waals surface area contributed by atoms with Crippen molar-refractivity contribution >= 4 is 35.3 Å². The average molecular weight is 405 g/mol. The zero-order valence-electron chi connectivity index (χ0n) is 15.8. The molecule has 1 N–H and O–H groups in total. The third-order valence-electron chi connectivity index (χ3n) is 4.41. The molecule has 0 aliphatic carbocycles. The molecule has 1 saturated heterocycles. The number of hydrogen-bond acceptors (Lipinski definition) is 6. The molecule has 2 aromatic heterocycles. The van der Waals surface area contributed by atoms with Crippen molar-refractivity contribution in [1.29, 1.82) is 0 Å². The van der Waals surface area contributed by atoms with Crippen LogP contribution in [0.4, 0.5) is 16.6 Å². The molecule has 1 fully saturated rings. The number of ether oxygens (including phenoxy) is 1. The second-order valence-electron chi connectivity index (χ2n) is 6.66. The van der Waals surface area contributed by atoms with Crippen molar-refractivity contribution in [3.05, 3.63) is 35.7 Å². The Morgan fingerprint density at radius 1 is 1.36 bits per heavy atom. The number of rotatable bonds is 6. The van der Waals surface area contributed by atoms with Gasteiger partial charge in [-0.05, 0) is 18.1 Å². The van der Waals surface area contributed by atoms with Crippen LogP contribution in [-0.2, 0) is 4.79 Å². The van der Waals surface area contributed by atoms with Gasteiger partial charge in [0, 0.05) is 11.2 Å². The first-order valence-corrected chi connectivity index (χ1v) is 9.12. The lowest BCUT2D eigenvalue weighted by molar-refractivity contribution is -0.117. The number of amides is 3. The van der Waals surface area contributed by atoms with E-state index in [0.29, 0.717) is 23.1 Å². The SMILES string of the molecule is COc1cnc(N2C[C@H](C(C)C)N(CC(=O)Nc3cc(Cl)ccn3)C2=O)nc1. The summed E-state index contributed by atoms with van der Waals surface area (Å²) in [5, 5.41) is 3.13. The maximum Gasteiger partial charge on any atom is 0.327 e. The van der Waals surface area contributed by atoms with E-state index in [1.807, 2.05) is 13.8 Å². The minimum absolute atomic E-state index is 0.109. The molecule has 0 unspecified atom stereocenters. The van der Waals surface area contributed by atoms with Crippen molar-refractivity contribution in [3.63, 3.8) is 0 Å². The van der Waals surface area contributed by atoms with Crippen LogP contribution in [0.3, 0.4) is 0 Å². The monoisotopic (exact) mass is 404 g/mol. The summed E-state index contributed by atoms with van der Waals surface area (Å²) >= 11 is 5.91. The Hall–Kier alpha value is -2.94. The van der Waals surface area contributed by atoms with Crippen molar-refractivity contribution in [2.75, 3.05) is 30.4 Å². The molecule has 0 spiro atoms. The molecule has 0 aromatic carbocycles. The topological polar surface area (TPSA) is 101 Å². The molecule has 1 atom stereocenters. The van der Waals surface area contributed by atoms with Crippen LogP contribution < -0.4 is 15.0 Å². The van der Waals surface area contributed by atoms with Crippen molar-refractivity contribution in [3.8, 4) is 5.75 Å². The van der Waals surface area contributed by atoms with E-state index < -0.39 is 0 Å². The standard InChI is InChI=1S/C18H21ClN6O3/c1-11(2)14-9-25(17-21-7-13(28-3)8-22-17)18(27)24(14)10-16(26)23-15-6-12(19)4-5-20-15/h4-8,11,14H,9-10H2,1-3H3,(H,20,23,26)/t14-/m1/s1. The van der Waals surface area contributed by atoms with E-state index in [9.17, 15) is 9.59 Å². The zero-order valence-corrected chi connectivity index (χ0v) is 16.6. The lowest BCUT2D eigenvalue weighted by Gasteiger charge is -2.25. The fourth-order valence-electron chi connectivity index (χ4n) is 2.95. The number of methoxy groups -OCH3 is 1. The number of nitrogens with one attached hydrogen (secondary N) is 1. The van der Waals surface area contributed by atoms with Crippen LogP contribution in [0.2, 0.25) is 5.02 Å². The molecular formula is C18H21ClN6O3. The Balaban J connectivity index is 1.74. The molecule has 0 bridgehead atoms. The van der Waals surface area contributed by atoms with Gasteiger partial charge in [-0.25, -0.2) is 19.7 Å². The molecule has 1 aliphatic heterocycles. The minimum atomic E-state index is -0.355. The summed E-state index contributed by atoms with van der Waals surface area (Å²) in [5.41, 5.74) is 0. The Bertz CT molecular complexity index is 861. The van der Waals surface area contributed by atoms with Gasteiger partial charge in [0.05, 0.1) is 32.1 Å². The van der Waals surface area contributed by atoms with E-state index in [0.717, 1.165) is 0 Å². The van der Waals surface area contributed by atoms with E-state index in [2.05, 4.69) is 20.3 Å². The Morgan fingerprint density at radius 3 is 2.68 bits per heavy atom. The smallest absolute Gasteiger partial charge is 0.327 e. The molecule has 3 rings (SSSR count). The van der Waals surface area contributed by atoms with Gasteiger partial charge < -0.3 is 15.0 Å². The summed E-state index contributed by atoms with van der Waals surface area (Å²) in [4.78, 5) is 40.8. The summed E-state index contributed by atoms with van der Waals surface area (Å²) in [6, 6.07) is 2.68. The number of carbonyl (C=O) groups excluding carboxylic acids is 2. The normalized spacial score (nSPS) is 16.6. The first-order valence-electron chi connectivity index (χ1n) is 8.74. The van der Waals surface area contributed by atoms with Gasteiger partial charge in [0.15, 0.2) is 5.75 Å². The van der Waals surface area contributed by atoms with E-state index >= 15 is 0 Å². The van der Waals surface area contributed by atoms with Crippen LogP contribution in [0.25, 0.3) is 0 Å². The van der Waals surface area contributed by atoms with Crippen LogP contribution in [-0.4, -0.2) is 58.0 Å². The first-order chi connectivity index (χ1) is 13.4. The van der Waals surface area contributed by atoms with Gasteiger partial charge in [0.2, 0.25) is 11.9 Å². The minimum Gasteiger partial charge on any atom is -0.494 e. The van der Waals surface area contributed by atoms with E-state index in [1.165, 1.54) is 35.5 Å². The predicted molar refractivity (Wildman–Crippen MR) is 105 cm³/mol. The lowest BCUT2D eigenvalue weighted by atomic mass is 10.0. The van der Waals surface area contributed by atoms with Crippen molar-refractivity contribution in [1.82, 2.24) is 19.9 Å². The fraction of sp³-hybridized carbons (Fsp3) is 0.389. The largest absolute Gasteiger partial charge is 0.494 e. The Kier molecular flexibility index (Phi) is 5.93. The van der Waals surface area contributed by atoms with Gasteiger partial charge in [0.25, 0.3) is 0 Å². The number of hydrogen-bond donors (Lipinski definition) is 1. The van der Waals surface area contributed by atoms with E-state index in [1.54, 1.807) is 12.1 Å². The maximum atomic E-state index is 12.9. The highest BCUT2D eigenvalue weighted by Crippen LogP contribution is 2.25. The number of pyridine rings is 1. The highest BCUT2D eigenvalue weighted by Gasteiger charge is 2.41. The van der Waals surface area contributed by atoms with E-state index in [4.69, 9.17) is 16.3 Å². The first kappa shape index (κ1) is 19.8. The number of aromatic nitrogens is 3. The highest BCUT2D eigenvalue weighted by molar-refractivity contribution is 6.30. The molecule has 1 aliphatic rings. The molecule has 28 heavy (non-hydrogen) atoms. The summed E-state index contributed by atoms with van der Waals surface area (Å²) in [5.74, 6) is 0.896. The molecule has 0 saturated carbocycles. The molecule has 3 heterocycles. The third kappa shape index (κ3) is 4.30. The molecular weight excluding hydrogens is 384 g/mol. The molecule has 2 aromatic rings. The van der Waals surface area contributed by atoms with Crippen LogP contribution in [0, 0.1) is 5.92 Å². The van der Waals surface area contributed by atoms with Gasteiger partial charge in [-0.2, -0.15) is 0 Å². The van der Waals surface area contributed by atoms with Gasteiger partial charge in [0.1, 0.15) is 12.4 Å². The number of urea groups is 1. The van der Waals surface area contributed by atoms with Crippen molar-refractivity contribution in [2.24, 2.45) is 5.92 Å². The van der Waals surface area contributed by atoms with Gasteiger partial charge in [-0.1, -0.05) is 25.4 Å². The van der Waals surface area contributed by atoms with Crippen LogP contribution in [0.5, 0.6) is 5.75 Å². The number of nitrogens with zero attached hydrogens (tertiary/aromatic N) is 5. The zero-order chi connectivity index (χ0) is 20.3. The highest BCUT2D eigenvalue weighted by atomic mass is 35.5. The Labute approximate surface area is 167 Å². The van der Waals surface area contributed by atoms with Crippen molar-refractivity contribution in [2.45, 2.75) is 19.9 Å². The van der Waals surface area contributed by atoms with Crippen LogP contribution >= 0.6 is 11.6 Å². The maximum absolute atomic E-state index is 12.9. The van der Waals surface area contributed by atoms with Crippen LogP contribution in [0.15, 0.2) is 30.7 Å². The second-order valence-corrected chi connectivity index (χ2v) is 7.10. The van der Waals surface area contributed by atoms with Gasteiger partial charge in [-0.3, -0.25) is 9.69 Å². The van der Waals surface area contributed by atoms with Gasteiger partial charge in [-0.15, -0.1) is 0 Å². The van der Waals surface area contributed by atoms with Crippen molar-refractivity contribution < 1.29 is 14.3 Å². The summed E-state index contributed by atoms with van der Waals surface area (Å²) < 4.78 is 5.05. The predicted octanol–water partition coefficient (Wildman–Crippen LogP) is 2.44. The average Bonchev–Trinajstić information content (AvgIpc) is 2.98. The molecule has 148 valence electrons. The molecule has 0 radical (unpaired) electrons. The lowest BCUT2D eigenvalue weighted by Crippen LogP contribution is -2.43. The number of carbonyl (C=O) groups is 2. The molecule has 9 nitrogen and oxygen atoms in total.